The van der Waals surface area contributed by atoms with E-state index in [1.54, 1.807) is 18.2 Å². The van der Waals surface area contributed by atoms with Gasteiger partial charge in [0, 0.05) is 12.1 Å². The van der Waals surface area contributed by atoms with Crippen LogP contribution in [-0.2, 0) is 20.7 Å². The van der Waals surface area contributed by atoms with Crippen LogP contribution in [0.1, 0.15) is 15.9 Å². The Morgan fingerprint density at radius 3 is 2.45 bits per heavy atom. The van der Waals surface area contributed by atoms with Crippen molar-refractivity contribution < 1.29 is 19.1 Å². The van der Waals surface area contributed by atoms with Gasteiger partial charge >= 0.3 is 5.97 Å². The summed E-state index contributed by atoms with van der Waals surface area (Å²) in [7, 11) is 1.30. The molecule has 1 amide bonds. The molecular weight excluding hydrogens is 488 g/mol. The molecule has 0 saturated carbocycles. The van der Waals surface area contributed by atoms with Gasteiger partial charge in [0.2, 0.25) is 5.91 Å². The third-order valence-electron chi connectivity index (χ3n) is 2.46. The van der Waals surface area contributed by atoms with E-state index < -0.39 is 5.97 Å². The first-order valence-corrected chi connectivity index (χ1v) is 8.71. The van der Waals surface area contributed by atoms with Crippen molar-refractivity contribution in [1.29, 1.82) is 0 Å². The Kier molecular flexibility index (Phi) is 7.41. The van der Waals surface area contributed by atoms with E-state index in [9.17, 15) is 14.4 Å². The fraction of sp³-hybridized carbons (Fsp3) is 0.308. The van der Waals surface area contributed by atoms with Crippen LogP contribution in [0.5, 0.6) is 0 Å². The summed E-state index contributed by atoms with van der Waals surface area (Å²) >= 11 is 3.94. The normalized spacial score (nSPS) is 9.95. The smallest absolute Gasteiger partial charge is 0.337 e. The van der Waals surface area contributed by atoms with Gasteiger partial charge in [-0.25, -0.2) is 4.79 Å². The molecule has 7 heteroatoms. The van der Waals surface area contributed by atoms with Gasteiger partial charge in [-0.15, -0.1) is 0 Å². The lowest BCUT2D eigenvalue weighted by atomic mass is 10.0. The Morgan fingerprint density at radius 1 is 1.20 bits per heavy atom. The highest BCUT2D eigenvalue weighted by Gasteiger charge is 2.13. The highest BCUT2D eigenvalue weighted by molar-refractivity contribution is 14.1. The van der Waals surface area contributed by atoms with Gasteiger partial charge in [0.1, 0.15) is 5.78 Å². The molecule has 0 atom stereocenters. The zero-order valence-corrected chi connectivity index (χ0v) is 15.1. The maximum atomic E-state index is 11.6. The van der Waals surface area contributed by atoms with Gasteiger partial charge in [-0.1, -0.05) is 45.2 Å². The summed E-state index contributed by atoms with van der Waals surface area (Å²) in [6.45, 7) is 0. The Balaban J connectivity index is 3.12. The molecule has 0 heterocycles. The molecule has 1 aromatic rings. The molecule has 1 rings (SSSR count). The van der Waals surface area contributed by atoms with Crippen LogP contribution in [0.2, 0.25) is 0 Å². The number of carbonyl (C=O) groups is 3. The maximum Gasteiger partial charge on any atom is 0.337 e. The van der Waals surface area contributed by atoms with Crippen molar-refractivity contribution in [2.45, 2.75) is 6.42 Å². The number of ketones is 1. The predicted octanol–water partition coefficient (Wildman–Crippen LogP) is 2.39. The number of hydrogen-bond donors (Lipinski definition) is 1. The van der Waals surface area contributed by atoms with Gasteiger partial charge in [-0.05, 0) is 23.8 Å². The third kappa shape index (κ3) is 5.00. The lowest BCUT2D eigenvalue weighted by Gasteiger charge is -2.11. The lowest BCUT2D eigenvalue weighted by Crippen LogP contribution is -2.16. The minimum atomic E-state index is -0.472. The zero-order chi connectivity index (χ0) is 15.1. The monoisotopic (exact) mass is 501 g/mol. The summed E-state index contributed by atoms with van der Waals surface area (Å²) in [6.07, 6.45) is 0.171. The number of alkyl halides is 2. The van der Waals surface area contributed by atoms with Gasteiger partial charge in [0.25, 0.3) is 0 Å². The minimum Gasteiger partial charge on any atom is -0.465 e. The van der Waals surface area contributed by atoms with E-state index >= 15 is 0 Å². The van der Waals surface area contributed by atoms with Crippen LogP contribution in [0.3, 0.4) is 0 Å². The summed E-state index contributed by atoms with van der Waals surface area (Å²) in [4.78, 5) is 34.6. The molecule has 0 saturated heterocycles. The third-order valence-corrected chi connectivity index (χ3v) is 4.00. The van der Waals surface area contributed by atoms with Crippen LogP contribution in [0.15, 0.2) is 18.2 Å². The highest BCUT2D eigenvalue weighted by Crippen LogP contribution is 2.20. The second kappa shape index (κ2) is 8.55. The predicted molar refractivity (Wildman–Crippen MR) is 92.9 cm³/mol. The number of esters is 1. The molecule has 0 aromatic heterocycles. The van der Waals surface area contributed by atoms with E-state index in [-0.39, 0.29) is 18.1 Å². The number of methoxy groups -OCH3 is 1. The molecular formula is C13H13I2NO4. The Hall–Kier alpha value is -0.710. The first-order chi connectivity index (χ1) is 9.51. The molecule has 0 spiro atoms. The molecule has 0 aliphatic rings. The number of anilines is 1. The standard InChI is InChI=1S/C13H13I2NO4/c1-20-13(19)8-2-3-11(16-12(18)7-15)9(4-8)5-10(17)6-14/h2-4H,5-7H2,1H3,(H,16,18). The van der Waals surface area contributed by atoms with Gasteiger partial charge < -0.3 is 10.1 Å². The van der Waals surface area contributed by atoms with Crippen molar-refractivity contribution in [2.24, 2.45) is 0 Å². The lowest BCUT2D eigenvalue weighted by molar-refractivity contribution is -0.116. The summed E-state index contributed by atoms with van der Waals surface area (Å²) in [5.41, 5.74) is 1.53. The molecule has 1 aromatic carbocycles. The number of rotatable bonds is 6. The number of hydrogen-bond acceptors (Lipinski definition) is 4. The van der Waals surface area contributed by atoms with E-state index in [2.05, 4.69) is 10.1 Å². The van der Waals surface area contributed by atoms with Gasteiger partial charge in [-0.2, -0.15) is 0 Å². The summed E-state index contributed by atoms with van der Waals surface area (Å²) < 4.78 is 5.34. The Morgan fingerprint density at radius 2 is 1.90 bits per heavy atom. The van der Waals surface area contributed by atoms with Crippen LogP contribution < -0.4 is 5.32 Å². The van der Waals surface area contributed by atoms with Crippen LogP contribution >= 0.6 is 45.2 Å². The zero-order valence-electron chi connectivity index (χ0n) is 10.7. The van der Waals surface area contributed by atoms with Crippen molar-refractivity contribution in [2.75, 3.05) is 21.3 Å². The molecule has 20 heavy (non-hydrogen) atoms. The van der Waals surface area contributed by atoms with E-state index in [1.807, 2.05) is 45.2 Å². The van der Waals surface area contributed by atoms with E-state index in [0.29, 0.717) is 25.7 Å². The van der Waals surface area contributed by atoms with Crippen molar-refractivity contribution in [3.05, 3.63) is 29.3 Å². The van der Waals surface area contributed by atoms with Gasteiger partial charge in [0.05, 0.1) is 21.5 Å². The Labute approximate surface area is 144 Å². The SMILES string of the molecule is COC(=O)c1ccc(NC(=O)CI)c(CC(=O)CI)c1. The molecule has 108 valence electrons. The van der Waals surface area contributed by atoms with Crippen molar-refractivity contribution >= 4 is 68.5 Å². The van der Waals surface area contributed by atoms with E-state index in [1.165, 1.54) is 7.11 Å². The number of amides is 1. The number of nitrogens with one attached hydrogen (secondary N) is 1. The second-order valence-corrected chi connectivity index (χ2v) is 5.42. The molecule has 0 aliphatic carbocycles. The molecule has 0 unspecified atom stereocenters. The van der Waals surface area contributed by atoms with Crippen LogP contribution in [-0.4, -0.2) is 33.6 Å². The van der Waals surface area contributed by atoms with Crippen LogP contribution in [0, 0.1) is 0 Å². The number of carbonyl (C=O) groups excluding carboxylic acids is 3. The maximum absolute atomic E-state index is 11.6. The minimum absolute atomic E-state index is 0.0255. The summed E-state index contributed by atoms with van der Waals surface area (Å²) in [5.74, 6) is -0.600. The van der Waals surface area contributed by atoms with E-state index in [4.69, 9.17) is 0 Å². The molecule has 1 N–H and O–H groups in total. The summed E-state index contributed by atoms with van der Waals surface area (Å²) in [6, 6.07) is 4.76. The van der Waals surface area contributed by atoms with Gasteiger partial charge in [-0.3, -0.25) is 9.59 Å². The van der Waals surface area contributed by atoms with Gasteiger partial charge in [0.15, 0.2) is 0 Å². The first-order valence-electron chi connectivity index (χ1n) is 5.66. The molecule has 0 radical (unpaired) electrons. The fourth-order valence-electron chi connectivity index (χ4n) is 1.55. The van der Waals surface area contributed by atoms with Crippen LogP contribution in [0.25, 0.3) is 0 Å². The average Bonchev–Trinajstić information content (AvgIpc) is 2.47. The number of ether oxygens (including phenoxy) is 1. The van der Waals surface area contributed by atoms with E-state index in [0.717, 1.165) is 0 Å². The molecule has 0 aliphatic heterocycles. The topological polar surface area (TPSA) is 72.5 Å². The number of benzene rings is 1. The molecule has 0 fully saturated rings. The first kappa shape index (κ1) is 17.3. The highest BCUT2D eigenvalue weighted by atomic mass is 127. The van der Waals surface area contributed by atoms with Crippen molar-refractivity contribution in [3.63, 3.8) is 0 Å². The second-order valence-electron chi connectivity index (χ2n) is 3.89. The van der Waals surface area contributed by atoms with Crippen LogP contribution in [0.4, 0.5) is 5.69 Å². The quantitative estimate of drug-likeness (QED) is 0.370. The van der Waals surface area contributed by atoms with Crippen molar-refractivity contribution in [3.8, 4) is 0 Å². The largest absolute Gasteiger partial charge is 0.465 e. The molecule has 5 nitrogen and oxygen atoms in total. The number of Topliss-reactive ketones (excluding diaryl/α,β-unsaturated/α-hetero) is 1. The van der Waals surface area contributed by atoms with Crippen molar-refractivity contribution in [1.82, 2.24) is 0 Å². The molecule has 0 bridgehead atoms. The number of halogens is 2. The summed E-state index contributed by atoms with van der Waals surface area (Å²) in [5, 5.41) is 2.72. The Bertz CT molecular complexity index is 531. The fourth-order valence-corrected chi connectivity index (χ4v) is 2.01. The average molecular weight is 501 g/mol.